The minimum absolute atomic E-state index is 0.225. The molecular formula is C15H16N4O4S2. The van der Waals surface area contributed by atoms with Crippen LogP contribution in [0.25, 0.3) is 10.6 Å². The number of sulfone groups is 1. The predicted octanol–water partition coefficient (Wildman–Crippen LogP) is 0.839. The highest BCUT2D eigenvalue weighted by atomic mass is 32.2. The van der Waals surface area contributed by atoms with Gasteiger partial charge in [0.25, 0.3) is 11.8 Å². The van der Waals surface area contributed by atoms with Crippen molar-refractivity contribution in [1.82, 2.24) is 20.0 Å². The zero-order valence-electron chi connectivity index (χ0n) is 13.5. The second-order valence-corrected chi connectivity index (χ2v) is 8.65. The third-order valence-electron chi connectivity index (χ3n) is 3.57. The summed E-state index contributed by atoms with van der Waals surface area (Å²) in [5.74, 6) is -1.63. The first-order valence-corrected chi connectivity index (χ1v) is 10.4. The highest BCUT2D eigenvalue weighted by molar-refractivity contribution is 7.91. The summed E-state index contributed by atoms with van der Waals surface area (Å²) in [7, 11) is -3.46. The molecule has 0 N–H and O–H groups in total. The van der Waals surface area contributed by atoms with E-state index in [4.69, 9.17) is 0 Å². The lowest BCUT2D eigenvalue weighted by atomic mass is 10.3. The molecule has 0 atom stereocenters. The Hall–Kier alpha value is -2.33. The van der Waals surface area contributed by atoms with E-state index in [9.17, 15) is 18.0 Å². The van der Waals surface area contributed by atoms with E-state index in [2.05, 4.69) is 9.97 Å². The van der Waals surface area contributed by atoms with E-state index in [1.165, 1.54) is 21.4 Å². The number of hydrogen-bond acceptors (Lipinski definition) is 7. The van der Waals surface area contributed by atoms with E-state index in [1.807, 2.05) is 6.07 Å². The summed E-state index contributed by atoms with van der Waals surface area (Å²) in [5, 5.41) is 4.76. The molecule has 0 aromatic carbocycles. The lowest BCUT2D eigenvalue weighted by Gasteiger charge is -2.27. The van der Waals surface area contributed by atoms with E-state index < -0.39 is 27.4 Å². The molecular weight excluding hydrogens is 364 g/mol. The van der Waals surface area contributed by atoms with E-state index in [0.717, 1.165) is 11.8 Å². The maximum absolute atomic E-state index is 12.7. The molecule has 2 aromatic rings. The van der Waals surface area contributed by atoms with Crippen LogP contribution in [0.4, 0.5) is 0 Å². The summed E-state index contributed by atoms with van der Waals surface area (Å²) < 4.78 is 22.7. The molecule has 8 nitrogen and oxygen atoms in total. The minimum atomic E-state index is -3.46. The number of aromatic nitrogens is 2. The van der Waals surface area contributed by atoms with Crippen LogP contribution in [-0.2, 0) is 14.6 Å². The van der Waals surface area contributed by atoms with Gasteiger partial charge in [-0.3, -0.25) is 19.6 Å². The van der Waals surface area contributed by atoms with Gasteiger partial charge in [0, 0.05) is 42.7 Å². The minimum Gasteiger partial charge on any atom is -0.272 e. The summed E-state index contributed by atoms with van der Waals surface area (Å²) in [5.41, 5.74) is 1.03. The van der Waals surface area contributed by atoms with Crippen molar-refractivity contribution in [2.24, 2.45) is 0 Å². The van der Waals surface area contributed by atoms with Crippen LogP contribution in [0.5, 0.6) is 0 Å². The number of pyridine rings is 1. The van der Waals surface area contributed by atoms with Gasteiger partial charge in [0.2, 0.25) is 0 Å². The summed E-state index contributed by atoms with van der Waals surface area (Å²) in [6, 6.07) is 3.63. The number of rotatable bonds is 4. The number of hydrogen-bond donors (Lipinski definition) is 0. The van der Waals surface area contributed by atoms with Gasteiger partial charge in [0.15, 0.2) is 9.84 Å². The molecule has 0 bridgehead atoms. The Kier molecular flexibility index (Phi) is 4.82. The number of amides is 2. The van der Waals surface area contributed by atoms with Gasteiger partial charge < -0.3 is 0 Å². The van der Waals surface area contributed by atoms with Crippen LogP contribution in [0.2, 0.25) is 0 Å². The fraction of sp³-hybridized carbons (Fsp3) is 0.333. The van der Waals surface area contributed by atoms with Gasteiger partial charge in [-0.25, -0.2) is 18.4 Å². The second-order valence-electron chi connectivity index (χ2n) is 5.65. The SMILES string of the molecule is CS(=O)(=O)CC(=O)N1CCCN1C(=O)c1csc(-c2cccnc2)n1. The Morgan fingerprint density at radius 3 is 2.72 bits per heavy atom. The van der Waals surface area contributed by atoms with Crippen molar-refractivity contribution < 1.29 is 18.0 Å². The van der Waals surface area contributed by atoms with Crippen molar-refractivity contribution in [3.05, 3.63) is 35.6 Å². The topological polar surface area (TPSA) is 101 Å². The van der Waals surface area contributed by atoms with Crippen LogP contribution >= 0.6 is 11.3 Å². The molecule has 1 aliphatic rings. The maximum Gasteiger partial charge on any atom is 0.291 e. The van der Waals surface area contributed by atoms with Crippen molar-refractivity contribution in [3.8, 4) is 10.6 Å². The fourth-order valence-corrected chi connectivity index (χ4v) is 3.89. The van der Waals surface area contributed by atoms with Crippen LogP contribution in [0.3, 0.4) is 0 Å². The van der Waals surface area contributed by atoms with Crippen molar-refractivity contribution in [2.45, 2.75) is 6.42 Å². The molecule has 1 saturated heterocycles. The van der Waals surface area contributed by atoms with Crippen molar-refractivity contribution in [2.75, 3.05) is 25.1 Å². The van der Waals surface area contributed by atoms with Gasteiger partial charge in [-0.1, -0.05) is 0 Å². The van der Waals surface area contributed by atoms with Crippen molar-refractivity contribution >= 4 is 33.0 Å². The smallest absolute Gasteiger partial charge is 0.272 e. The van der Waals surface area contributed by atoms with Gasteiger partial charge in [-0.2, -0.15) is 0 Å². The standard InChI is InChI=1S/C15H16N4O4S2/c1-25(22,23)10-13(20)18-6-3-7-19(18)15(21)12-9-24-14(17-12)11-4-2-5-16-8-11/h2,4-5,8-9H,3,6-7,10H2,1H3. The molecule has 0 aliphatic carbocycles. The number of nitrogens with zero attached hydrogens (tertiary/aromatic N) is 4. The van der Waals surface area contributed by atoms with Crippen LogP contribution in [0.15, 0.2) is 29.9 Å². The summed E-state index contributed by atoms with van der Waals surface area (Å²) in [4.78, 5) is 33.2. The first-order valence-electron chi connectivity index (χ1n) is 7.51. The maximum atomic E-state index is 12.7. The summed E-state index contributed by atoms with van der Waals surface area (Å²) in [6.45, 7) is 0.674. The van der Waals surface area contributed by atoms with E-state index in [-0.39, 0.29) is 5.69 Å². The van der Waals surface area contributed by atoms with E-state index in [0.29, 0.717) is 24.5 Å². The molecule has 1 fully saturated rings. The molecule has 3 heterocycles. The third kappa shape index (κ3) is 4.02. The average Bonchev–Trinajstić information content (AvgIpc) is 3.23. The highest BCUT2D eigenvalue weighted by Crippen LogP contribution is 2.24. The fourth-order valence-electron chi connectivity index (χ4n) is 2.51. The first kappa shape index (κ1) is 17.5. The molecule has 25 heavy (non-hydrogen) atoms. The summed E-state index contributed by atoms with van der Waals surface area (Å²) >= 11 is 1.31. The molecule has 2 amide bonds. The zero-order chi connectivity index (χ0) is 18.0. The number of carbonyl (C=O) groups excluding carboxylic acids is 2. The Morgan fingerprint density at radius 2 is 2.04 bits per heavy atom. The monoisotopic (exact) mass is 380 g/mol. The normalized spacial score (nSPS) is 14.8. The Morgan fingerprint density at radius 1 is 1.28 bits per heavy atom. The van der Waals surface area contributed by atoms with Gasteiger partial charge in [-0.05, 0) is 18.6 Å². The van der Waals surface area contributed by atoms with Gasteiger partial charge in [0.05, 0.1) is 0 Å². The van der Waals surface area contributed by atoms with Crippen LogP contribution in [0.1, 0.15) is 16.9 Å². The number of carbonyl (C=O) groups is 2. The van der Waals surface area contributed by atoms with Gasteiger partial charge >= 0.3 is 0 Å². The molecule has 132 valence electrons. The molecule has 2 aromatic heterocycles. The predicted molar refractivity (Wildman–Crippen MR) is 92.4 cm³/mol. The molecule has 0 unspecified atom stereocenters. The van der Waals surface area contributed by atoms with Crippen LogP contribution in [-0.4, -0.2) is 65.3 Å². The van der Waals surface area contributed by atoms with Crippen LogP contribution < -0.4 is 0 Å². The Labute approximate surface area is 149 Å². The number of thiazole rings is 1. The largest absolute Gasteiger partial charge is 0.291 e. The average molecular weight is 380 g/mol. The lowest BCUT2D eigenvalue weighted by Crippen LogP contribution is -2.46. The molecule has 0 saturated carbocycles. The molecule has 10 heteroatoms. The van der Waals surface area contributed by atoms with Crippen molar-refractivity contribution in [3.63, 3.8) is 0 Å². The molecule has 1 aliphatic heterocycles. The highest BCUT2D eigenvalue weighted by Gasteiger charge is 2.33. The molecule has 0 spiro atoms. The van der Waals surface area contributed by atoms with E-state index in [1.54, 1.807) is 23.8 Å². The molecule has 0 radical (unpaired) electrons. The van der Waals surface area contributed by atoms with Crippen LogP contribution in [0, 0.1) is 0 Å². The zero-order valence-corrected chi connectivity index (χ0v) is 15.1. The third-order valence-corrected chi connectivity index (χ3v) is 5.23. The lowest BCUT2D eigenvalue weighted by molar-refractivity contribution is -0.137. The first-order chi connectivity index (χ1) is 11.8. The Bertz CT molecular complexity index is 895. The van der Waals surface area contributed by atoms with E-state index >= 15 is 0 Å². The number of hydrazine groups is 1. The van der Waals surface area contributed by atoms with Gasteiger partial charge in [-0.15, -0.1) is 11.3 Å². The second kappa shape index (κ2) is 6.89. The summed E-state index contributed by atoms with van der Waals surface area (Å²) in [6.07, 6.45) is 4.90. The Balaban J connectivity index is 1.78. The van der Waals surface area contributed by atoms with Crippen molar-refractivity contribution in [1.29, 1.82) is 0 Å². The quantitative estimate of drug-likeness (QED) is 0.779. The van der Waals surface area contributed by atoms with Gasteiger partial charge in [0.1, 0.15) is 16.5 Å². The molecule has 3 rings (SSSR count).